The fourth-order valence-electron chi connectivity index (χ4n) is 4.12. The molecule has 3 fully saturated rings. The number of hydrogen-bond acceptors (Lipinski definition) is 3. The molecule has 0 saturated carbocycles. The minimum atomic E-state index is 0.00106. The molecule has 0 radical (unpaired) electrons. The van der Waals surface area contributed by atoms with Crippen LogP contribution < -0.4 is 5.32 Å². The molecule has 1 N–H and O–H groups in total. The van der Waals surface area contributed by atoms with E-state index in [9.17, 15) is 4.79 Å². The number of benzene rings is 1. The highest BCUT2D eigenvalue weighted by molar-refractivity contribution is 5.94. The van der Waals surface area contributed by atoms with E-state index in [0.29, 0.717) is 17.2 Å². The fourth-order valence-corrected chi connectivity index (χ4v) is 4.12. The van der Waals surface area contributed by atoms with Gasteiger partial charge in [-0.1, -0.05) is 12.1 Å². The van der Waals surface area contributed by atoms with E-state index in [4.69, 9.17) is 5.26 Å². The Morgan fingerprint density at radius 1 is 1.16 bits per heavy atom. The monoisotopic (exact) mass is 334 g/mol. The van der Waals surface area contributed by atoms with Crippen LogP contribution in [0.2, 0.25) is 0 Å². The number of nitrogens with one attached hydrogen (secondary N) is 1. The van der Waals surface area contributed by atoms with Gasteiger partial charge in [-0.3, -0.25) is 4.79 Å². The van der Waals surface area contributed by atoms with Gasteiger partial charge in [0.25, 0.3) is 5.91 Å². The van der Waals surface area contributed by atoms with Crippen LogP contribution in [0.3, 0.4) is 0 Å². The van der Waals surface area contributed by atoms with Gasteiger partial charge >= 0.3 is 0 Å². The second-order valence-corrected chi connectivity index (χ2v) is 7.07. The number of nitrogens with zero attached hydrogens (tertiary/aromatic N) is 3. The zero-order valence-electron chi connectivity index (χ0n) is 14.4. The van der Waals surface area contributed by atoms with Gasteiger partial charge in [0.2, 0.25) is 0 Å². The summed E-state index contributed by atoms with van der Waals surface area (Å²) >= 11 is 0. The van der Waals surface area contributed by atoms with Crippen LogP contribution in [-0.4, -0.2) is 41.1 Å². The van der Waals surface area contributed by atoms with Crippen molar-refractivity contribution in [3.05, 3.63) is 47.7 Å². The third kappa shape index (κ3) is 2.94. The van der Waals surface area contributed by atoms with Crippen LogP contribution in [0.5, 0.6) is 0 Å². The number of hydrogen-bond donors (Lipinski definition) is 1. The molecule has 25 heavy (non-hydrogen) atoms. The van der Waals surface area contributed by atoms with Gasteiger partial charge in [-0.25, -0.2) is 0 Å². The largest absolute Gasteiger partial charge is 0.346 e. The van der Waals surface area contributed by atoms with Crippen molar-refractivity contribution in [3.63, 3.8) is 0 Å². The normalized spacial score (nSPS) is 24.7. The van der Waals surface area contributed by atoms with Crippen molar-refractivity contribution in [2.45, 2.75) is 18.9 Å². The van der Waals surface area contributed by atoms with Crippen LogP contribution in [-0.2, 0) is 7.05 Å². The van der Waals surface area contributed by atoms with E-state index in [0.717, 1.165) is 17.8 Å². The lowest BCUT2D eigenvalue weighted by molar-refractivity contribution is 0.0616. The highest BCUT2D eigenvalue weighted by Crippen LogP contribution is 2.28. The van der Waals surface area contributed by atoms with Crippen LogP contribution in [0.25, 0.3) is 11.3 Å². The zero-order chi connectivity index (χ0) is 17.4. The number of rotatable bonds is 3. The Morgan fingerprint density at radius 3 is 2.48 bits per heavy atom. The second kappa shape index (κ2) is 6.38. The third-order valence-corrected chi connectivity index (χ3v) is 5.64. The van der Waals surface area contributed by atoms with Gasteiger partial charge in [0.1, 0.15) is 5.69 Å². The summed E-state index contributed by atoms with van der Waals surface area (Å²) in [6.45, 7) is 3.32. The molecule has 3 saturated heterocycles. The predicted molar refractivity (Wildman–Crippen MR) is 96.0 cm³/mol. The summed E-state index contributed by atoms with van der Waals surface area (Å²) in [5.41, 5.74) is 3.29. The average Bonchev–Trinajstić information content (AvgIpc) is 3.04. The summed E-state index contributed by atoms with van der Waals surface area (Å²) in [4.78, 5) is 15.2. The maximum atomic E-state index is 12.8. The third-order valence-electron chi connectivity index (χ3n) is 5.64. The Balaban J connectivity index is 1.52. The standard InChI is InChI=1S/C20H22N4O/c1-23-18(16-4-2-14(12-21)3-5-16)6-7-19(23)20(25)22-17-13-24-10-8-15(17)9-11-24/h2-7,15,17H,8-11,13H2,1H3,(H,22,25)/t17-/m0/s1. The number of amides is 1. The van der Waals surface area contributed by atoms with Crippen molar-refractivity contribution < 1.29 is 4.79 Å². The Kier molecular flexibility index (Phi) is 4.06. The summed E-state index contributed by atoms with van der Waals surface area (Å²) in [6, 6.07) is 13.7. The summed E-state index contributed by atoms with van der Waals surface area (Å²) in [5, 5.41) is 12.2. The lowest BCUT2D eigenvalue weighted by Gasteiger charge is -2.44. The molecule has 0 unspecified atom stereocenters. The first kappa shape index (κ1) is 15.9. The smallest absolute Gasteiger partial charge is 0.268 e. The summed E-state index contributed by atoms with van der Waals surface area (Å²) < 4.78 is 1.93. The molecule has 2 bridgehead atoms. The van der Waals surface area contributed by atoms with Crippen LogP contribution in [0, 0.1) is 17.2 Å². The van der Waals surface area contributed by atoms with Gasteiger partial charge in [-0.2, -0.15) is 5.26 Å². The maximum absolute atomic E-state index is 12.8. The van der Waals surface area contributed by atoms with E-state index in [-0.39, 0.29) is 11.9 Å². The Labute approximate surface area is 147 Å². The van der Waals surface area contributed by atoms with Crippen LogP contribution >= 0.6 is 0 Å². The van der Waals surface area contributed by atoms with E-state index in [1.54, 1.807) is 12.1 Å². The van der Waals surface area contributed by atoms with Crippen molar-refractivity contribution in [2.24, 2.45) is 13.0 Å². The van der Waals surface area contributed by atoms with Gasteiger partial charge in [-0.05, 0) is 61.7 Å². The Bertz CT molecular complexity index is 822. The molecule has 5 heteroatoms. The van der Waals surface area contributed by atoms with Gasteiger partial charge in [0.15, 0.2) is 0 Å². The highest BCUT2D eigenvalue weighted by Gasteiger charge is 2.35. The van der Waals surface area contributed by atoms with Crippen molar-refractivity contribution in [1.29, 1.82) is 5.26 Å². The fraction of sp³-hybridized carbons (Fsp3) is 0.400. The summed E-state index contributed by atoms with van der Waals surface area (Å²) in [7, 11) is 1.92. The van der Waals surface area contributed by atoms with Crippen molar-refractivity contribution >= 4 is 5.91 Å². The molecule has 1 amide bonds. The van der Waals surface area contributed by atoms with Crippen LogP contribution in [0.15, 0.2) is 36.4 Å². The van der Waals surface area contributed by atoms with Crippen molar-refractivity contribution in [1.82, 2.24) is 14.8 Å². The number of carbonyl (C=O) groups excluding carboxylic acids is 1. The summed E-state index contributed by atoms with van der Waals surface area (Å²) in [5.74, 6) is 0.619. The minimum Gasteiger partial charge on any atom is -0.346 e. The number of carbonyl (C=O) groups is 1. The molecular weight excluding hydrogens is 312 g/mol. The minimum absolute atomic E-state index is 0.00106. The molecule has 3 aliphatic rings. The molecule has 1 aromatic carbocycles. The van der Waals surface area contributed by atoms with Gasteiger partial charge < -0.3 is 14.8 Å². The maximum Gasteiger partial charge on any atom is 0.268 e. The quantitative estimate of drug-likeness (QED) is 0.937. The molecule has 5 rings (SSSR count). The first-order valence-electron chi connectivity index (χ1n) is 8.85. The molecule has 128 valence electrons. The molecule has 2 aromatic rings. The average molecular weight is 334 g/mol. The highest BCUT2D eigenvalue weighted by atomic mass is 16.2. The van der Waals surface area contributed by atoms with E-state index < -0.39 is 0 Å². The first-order valence-corrected chi connectivity index (χ1v) is 8.85. The van der Waals surface area contributed by atoms with Gasteiger partial charge in [0.05, 0.1) is 11.6 Å². The number of aromatic nitrogens is 1. The zero-order valence-corrected chi connectivity index (χ0v) is 14.4. The molecule has 5 nitrogen and oxygen atoms in total. The van der Waals surface area contributed by atoms with Crippen LogP contribution in [0.4, 0.5) is 0 Å². The molecule has 0 aliphatic carbocycles. The van der Waals surface area contributed by atoms with Gasteiger partial charge in [-0.15, -0.1) is 0 Å². The number of piperidine rings is 3. The molecule has 3 aliphatic heterocycles. The first-order chi connectivity index (χ1) is 12.2. The lowest BCUT2D eigenvalue weighted by atomic mass is 9.84. The number of fused-ring (bicyclic) bond motifs is 3. The Hall–Kier alpha value is -2.58. The van der Waals surface area contributed by atoms with Gasteiger partial charge in [0, 0.05) is 25.3 Å². The topological polar surface area (TPSA) is 61.1 Å². The van der Waals surface area contributed by atoms with E-state index in [1.165, 1.54) is 25.9 Å². The molecular formula is C20H22N4O. The summed E-state index contributed by atoms with van der Waals surface area (Å²) in [6.07, 6.45) is 2.38. The molecule has 4 heterocycles. The predicted octanol–water partition coefficient (Wildman–Crippen LogP) is 2.39. The lowest BCUT2D eigenvalue weighted by Crippen LogP contribution is -2.57. The molecule has 1 aromatic heterocycles. The molecule has 1 atom stereocenters. The van der Waals surface area contributed by atoms with Crippen molar-refractivity contribution in [2.75, 3.05) is 19.6 Å². The SMILES string of the molecule is Cn1c(C(=O)N[C@H]2CN3CCC2CC3)ccc1-c1ccc(C#N)cc1. The van der Waals surface area contributed by atoms with E-state index in [1.807, 2.05) is 35.9 Å². The van der Waals surface area contributed by atoms with E-state index in [2.05, 4.69) is 16.3 Å². The Morgan fingerprint density at radius 2 is 1.88 bits per heavy atom. The van der Waals surface area contributed by atoms with Crippen LogP contribution in [0.1, 0.15) is 28.9 Å². The second-order valence-electron chi connectivity index (χ2n) is 7.07. The molecule has 0 spiro atoms. The van der Waals surface area contributed by atoms with E-state index >= 15 is 0 Å². The number of nitriles is 1. The van der Waals surface area contributed by atoms with Crippen molar-refractivity contribution in [3.8, 4) is 17.3 Å².